The van der Waals surface area contributed by atoms with Crippen LogP contribution in [0.5, 0.6) is 0 Å². The van der Waals surface area contributed by atoms with Gasteiger partial charge in [0, 0.05) is 12.4 Å². The molecular formula is C14H31N. The minimum Gasteiger partial charge on any atom is -0.265 e. The molecule has 0 unspecified atom stereocenters. The lowest BCUT2D eigenvalue weighted by molar-refractivity contribution is 1.09. The molecule has 0 aliphatic heterocycles. The summed E-state index contributed by atoms with van der Waals surface area (Å²) in [6.45, 7) is 16.2. The Hall–Kier alpha value is -0.850. The number of rotatable bonds is 0. The fourth-order valence-electron chi connectivity index (χ4n) is 0.313. The Balaban J connectivity index is -0.0000000585. The first kappa shape index (κ1) is 23.8. The van der Waals surface area contributed by atoms with E-state index in [0.29, 0.717) is 0 Å². The Morgan fingerprint density at radius 2 is 0.933 bits per heavy atom. The quantitative estimate of drug-likeness (QED) is 0.548. The molecule has 0 spiro atoms. The van der Waals surface area contributed by atoms with Crippen LogP contribution < -0.4 is 0 Å². The fourth-order valence-corrected chi connectivity index (χ4v) is 0.313. The third-order valence-corrected chi connectivity index (χ3v) is 0.566. The molecule has 0 aliphatic carbocycles. The summed E-state index contributed by atoms with van der Waals surface area (Å²) in [6.07, 6.45) is 4.75. The van der Waals surface area contributed by atoms with Crippen LogP contribution in [0.15, 0.2) is 30.6 Å². The molecule has 15 heavy (non-hydrogen) atoms. The van der Waals surface area contributed by atoms with Gasteiger partial charge in [-0.1, -0.05) is 67.9 Å². The molecule has 1 rings (SSSR count). The fraction of sp³-hybridized carbons (Fsp3) is 0.643. The van der Waals surface area contributed by atoms with E-state index in [1.165, 1.54) is 6.42 Å². The Labute approximate surface area is 98.0 Å². The molecule has 0 radical (unpaired) electrons. The van der Waals surface area contributed by atoms with Gasteiger partial charge < -0.3 is 0 Å². The molecule has 0 aliphatic rings. The van der Waals surface area contributed by atoms with Gasteiger partial charge in [0.15, 0.2) is 0 Å². The summed E-state index contributed by atoms with van der Waals surface area (Å²) in [5, 5.41) is 0. The third kappa shape index (κ3) is 61.6. The van der Waals surface area contributed by atoms with Gasteiger partial charge in [-0.15, -0.1) is 0 Å². The minimum atomic E-state index is 1.25. The molecule has 1 aromatic heterocycles. The topological polar surface area (TPSA) is 12.9 Å². The van der Waals surface area contributed by atoms with E-state index in [2.05, 4.69) is 18.8 Å². The number of pyridine rings is 1. The largest absolute Gasteiger partial charge is 0.265 e. The highest BCUT2D eigenvalue weighted by atomic mass is 14.6. The number of hydrogen-bond donors (Lipinski definition) is 0. The molecule has 1 aromatic rings. The highest BCUT2D eigenvalue weighted by Crippen LogP contribution is 1.73. The van der Waals surface area contributed by atoms with E-state index in [0.717, 1.165) is 0 Å². The van der Waals surface area contributed by atoms with E-state index in [1.807, 2.05) is 59.7 Å². The molecule has 0 saturated carbocycles. The van der Waals surface area contributed by atoms with Crippen molar-refractivity contribution < 1.29 is 0 Å². The van der Waals surface area contributed by atoms with E-state index in [1.54, 1.807) is 12.4 Å². The second kappa shape index (κ2) is 51.3. The number of hydrogen-bond acceptors (Lipinski definition) is 1. The predicted molar refractivity (Wildman–Crippen MR) is 74.2 cm³/mol. The monoisotopic (exact) mass is 213 g/mol. The molecule has 0 saturated heterocycles. The summed E-state index contributed by atoms with van der Waals surface area (Å²) < 4.78 is 0. The summed E-state index contributed by atoms with van der Waals surface area (Å²) >= 11 is 0. The van der Waals surface area contributed by atoms with Gasteiger partial charge in [-0.05, 0) is 12.1 Å². The van der Waals surface area contributed by atoms with Crippen LogP contribution in [-0.2, 0) is 0 Å². The van der Waals surface area contributed by atoms with E-state index < -0.39 is 0 Å². The van der Waals surface area contributed by atoms with Crippen molar-refractivity contribution in [2.24, 2.45) is 0 Å². The smallest absolute Gasteiger partial charge is 0.0267 e. The van der Waals surface area contributed by atoms with Gasteiger partial charge in [0.05, 0.1) is 0 Å². The standard InChI is InChI=1S/C5H5N.C3H8.3C2H6/c1-2-4-6-5-3-1;1-3-2;3*1-2/h1-5H;3H2,1-2H3;3*1-2H3. The maximum Gasteiger partial charge on any atom is 0.0267 e. The summed E-state index contributed by atoms with van der Waals surface area (Å²) in [5.74, 6) is 0. The lowest BCUT2D eigenvalue weighted by atomic mass is 10.5. The third-order valence-electron chi connectivity index (χ3n) is 0.566. The maximum absolute atomic E-state index is 3.78. The van der Waals surface area contributed by atoms with Crippen molar-refractivity contribution in [1.82, 2.24) is 4.98 Å². The second-order valence-corrected chi connectivity index (χ2v) is 1.73. The molecule has 0 atom stereocenters. The van der Waals surface area contributed by atoms with Crippen LogP contribution in [0.4, 0.5) is 0 Å². The van der Waals surface area contributed by atoms with Gasteiger partial charge in [-0.3, -0.25) is 4.98 Å². The highest BCUT2D eigenvalue weighted by Gasteiger charge is 1.58. The van der Waals surface area contributed by atoms with Crippen LogP contribution in [0, 0.1) is 0 Å². The van der Waals surface area contributed by atoms with Crippen molar-refractivity contribution >= 4 is 0 Å². The lowest BCUT2D eigenvalue weighted by Gasteiger charge is -1.70. The molecule has 1 heteroatoms. The summed E-state index contributed by atoms with van der Waals surface area (Å²) in [4.78, 5) is 3.78. The molecule has 0 fully saturated rings. The van der Waals surface area contributed by atoms with Crippen molar-refractivity contribution in [2.75, 3.05) is 0 Å². The van der Waals surface area contributed by atoms with E-state index in [4.69, 9.17) is 0 Å². The van der Waals surface area contributed by atoms with Crippen molar-refractivity contribution in [3.8, 4) is 0 Å². The molecule has 0 amide bonds. The van der Waals surface area contributed by atoms with Crippen LogP contribution in [0.3, 0.4) is 0 Å². The van der Waals surface area contributed by atoms with Crippen LogP contribution in [0.25, 0.3) is 0 Å². The van der Waals surface area contributed by atoms with Crippen LogP contribution in [-0.4, -0.2) is 4.98 Å². The minimum absolute atomic E-state index is 1.25. The van der Waals surface area contributed by atoms with Gasteiger partial charge in [0.2, 0.25) is 0 Å². The SMILES string of the molecule is CC.CC.CC.CCC.c1ccncc1. The average Bonchev–Trinajstić information content (AvgIpc) is 2.40. The molecule has 0 aromatic carbocycles. The number of aromatic nitrogens is 1. The summed E-state index contributed by atoms with van der Waals surface area (Å²) in [5.41, 5.74) is 0. The van der Waals surface area contributed by atoms with Crippen molar-refractivity contribution in [3.05, 3.63) is 30.6 Å². The zero-order chi connectivity index (χ0) is 12.9. The normalized spacial score (nSPS) is 5.60. The zero-order valence-electron chi connectivity index (χ0n) is 12.0. The van der Waals surface area contributed by atoms with E-state index >= 15 is 0 Å². The van der Waals surface area contributed by atoms with Gasteiger partial charge >= 0.3 is 0 Å². The van der Waals surface area contributed by atoms with E-state index in [9.17, 15) is 0 Å². The molecule has 0 bridgehead atoms. The van der Waals surface area contributed by atoms with Gasteiger partial charge in [0.1, 0.15) is 0 Å². The highest BCUT2D eigenvalue weighted by molar-refractivity contribution is 4.88. The van der Waals surface area contributed by atoms with Gasteiger partial charge in [0.25, 0.3) is 0 Å². The molecule has 1 heterocycles. The Morgan fingerprint density at radius 3 is 1.00 bits per heavy atom. The Kier molecular flexibility index (Phi) is 81.3. The summed E-state index contributed by atoms with van der Waals surface area (Å²) in [6, 6.07) is 5.72. The van der Waals surface area contributed by atoms with Crippen LogP contribution >= 0.6 is 0 Å². The van der Waals surface area contributed by atoms with Crippen LogP contribution in [0.1, 0.15) is 61.8 Å². The van der Waals surface area contributed by atoms with E-state index in [-0.39, 0.29) is 0 Å². The van der Waals surface area contributed by atoms with Crippen molar-refractivity contribution in [2.45, 2.75) is 61.8 Å². The zero-order valence-corrected chi connectivity index (χ0v) is 12.0. The first-order valence-electron chi connectivity index (χ1n) is 6.26. The first-order chi connectivity index (χ1) is 7.41. The number of nitrogens with zero attached hydrogens (tertiary/aromatic N) is 1. The van der Waals surface area contributed by atoms with Crippen LogP contribution in [0.2, 0.25) is 0 Å². The first-order valence-corrected chi connectivity index (χ1v) is 6.26. The molecule has 0 N–H and O–H groups in total. The molecule has 92 valence electrons. The summed E-state index contributed by atoms with van der Waals surface area (Å²) in [7, 11) is 0. The Morgan fingerprint density at radius 1 is 0.667 bits per heavy atom. The average molecular weight is 213 g/mol. The lowest BCUT2D eigenvalue weighted by Crippen LogP contribution is -1.58. The van der Waals surface area contributed by atoms with Gasteiger partial charge in [-0.25, -0.2) is 0 Å². The second-order valence-electron chi connectivity index (χ2n) is 1.73. The maximum atomic E-state index is 3.78. The predicted octanol–water partition coefficient (Wildman–Crippen LogP) is 5.58. The van der Waals surface area contributed by atoms with Crippen molar-refractivity contribution in [1.29, 1.82) is 0 Å². The molecular weight excluding hydrogens is 182 g/mol. The Bertz CT molecular complexity index is 88.2. The van der Waals surface area contributed by atoms with Crippen molar-refractivity contribution in [3.63, 3.8) is 0 Å². The van der Waals surface area contributed by atoms with Gasteiger partial charge in [-0.2, -0.15) is 0 Å². The molecule has 1 nitrogen and oxygen atoms in total.